The maximum absolute atomic E-state index is 13.0. The van der Waals surface area contributed by atoms with Gasteiger partial charge in [-0.05, 0) is 31.2 Å². The Morgan fingerprint density at radius 1 is 1.21 bits per heavy atom. The van der Waals surface area contributed by atoms with E-state index >= 15 is 0 Å². The van der Waals surface area contributed by atoms with Crippen molar-refractivity contribution in [2.75, 3.05) is 5.32 Å². The third kappa shape index (κ3) is 3.69. The van der Waals surface area contributed by atoms with E-state index in [1.165, 1.54) is 11.3 Å². The van der Waals surface area contributed by atoms with E-state index in [2.05, 4.69) is 25.5 Å². The van der Waals surface area contributed by atoms with Gasteiger partial charge >= 0.3 is 5.69 Å². The number of benzene rings is 1. The number of nitrogens with zero attached hydrogens (tertiary/aromatic N) is 4. The monoisotopic (exact) mass is 464 g/mol. The molecule has 4 heterocycles. The molecular weight excluding hydrogens is 444 g/mol. The van der Waals surface area contributed by atoms with Crippen LogP contribution in [0.3, 0.4) is 0 Å². The highest BCUT2D eigenvalue weighted by Crippen LogP contribution is 2.29. The standard InChI is InChI=1S/C21H20N8O3S/c1-2-28-14-8-15-12(7-13(14)26-21(28)32)25-20(29(15)6-5-18(22)30)27-19(31)17-4-3-16(33-17)11-9-23-24-10-11/h3-4,7-10H,2,5-6H2,1H3,(H2,22,30)(H,23,24)(H,26,32)(H,25,27,31). The van der Waals surface area contributed by atoms with Gasteiger partial charge in [-0.3, -0.25) is 24.6 Å². The number of anilines is 1. The third-order valence-electron chi connectivity index (χ3n) is 5.38. The average Bonchev–Trinajstić information content (AvgIpc) is 3.55. The second-order valence-electron chi connectivity index (χ2n) is 7.44. The molecule has 4 aromatic heterocycles. The Labute approximate surface area is 190 Å². The Morgan fingerprint density at radius 2 is 2.06 bits per heavy atom. The first-order chi connectivity index (χ1) is 15.9. The molecule has 168 valence electrons. The molecule has 5 aromatic rings. The number of primary amides is 1. The molecule has 0 aliphatic rings. The van der Waals surface area contributed by atoms with Crippen LogP contribution in [0.5, 0.6) is 0 Å². The summed E-state index contributed by atoms with van der Waals surface area (Å²) < 4.78 is 3.35. The first-order valence-electron chi connectivity index (χ1n) is 10.3. The van der Waals surface area contributed by atoms with Crippen molar-refractivity contribution < 1.29 is 9.59 Å². The zero-order valence-corrected chi connectivity index (χ0v) is 18.4. The van der Waals surface area contributed by atoms with Gasteiger partial charge in [-0.15, -0.1) is 11.3 Å². The molecule has 0 aliphatic heterocycles. The zero-order chi connectivity index (χ0) is 23.1. The Bertz CT molecular complexity index is 1550. The van der Waals surface area contributed by atoms with Gasteiger partial charge in [0.15, 0.2) is 0 Å². The molecule has 11 nitrogen and oxygen atoms in total. The van der Waals surface area contributed by atoms with E-state index in [1.807, 2.05) is 19.1 Å². The van der Waals surface area contributed by atoms with Gasteiger partial charge in [-0.25, -0.2) is 9.78 Å². The Morgan fingerprint density at radius 3 is 2.79 bits per heavy atom. The van der Waals surface area contributed by atoms with Crippen molar-refractivity contribution >= 4 is 51.2 Å². The quantitative estimate of drug-likeness (QED) is 0.291. The molecule has 33 heavy (non-hydrogen) atoms. The van der Waals surface area contributed by atoms with Crippen LogP contribution in [0.4, 0.5) is 5.95 Å². The second-order valence-corrected chi connectivity index (χ2v) is 8.52. The van der Waals surface area contributed by atoms with E-state index < -0.39 is 5.91 Å². The smallest absolute Gasteiger partial charge is 0.326 e. The van der Waals surface area contributed by atoms with Gasteiger partial charge in [0.1, 0.15) is 0 Å². The highest BCUT2D eigenvalue weighted by atomic mass is 32.1. The number of fused-ring (bicyclic) bond motifs is 2. The molecule has 0 fully saturated rings. The molecule has 1 aromatic carbocycles. The van der Waals surface area contributed by atoms with Crippen molar-refractivity contribution in [1.82, 2.24) is 29.3 Å². The van der Waals surface area contributed by atoms with Crippen LogP contribution in [0, 0.1) is 0 Å². The fourth-order valence-corrected chi connectivity index (χ4v) is 4.68. The number of aryl methyl sites for hydroxylation is 2. The summed E-state index contributed by atoms with van der Waals surface area (Å²) in [5.41, 5.74) is 8.69. The number of imidazole rings is 2. The number of thiophene rings is 1. The van der Waals surface area contributed by atoms with E-state index in [0.29, 0.717) is 33.9 Å². The molecule has 0 aliphatic carbocycles. The number of hydrogen-bond donors (Lipinski definition) is 4. The molecule has 0 radical (unpaired) electrons. The number of aromatic amines is 2. The minimum absolute atomic E-state index is 0.0731. The van der Waals surface area contributed by atoms with Gasteiger partial charge < -0.3 is 15.3 Å². The van der Waals surface area contributed by atoms with Crippen LogP contribution in [0.2, 0.25) is 0 Å². The summed E-state index contributed by atoms with van der Waals surface area (Å²) in [5.74, 6) is -0.487. The van der Waals surface area contributed by atoms with Gasteiger partial charge in [0.2, 0.25) is 11.9 Å². The summed E-state index contributed by atoms with van der Waals surface area (Å²) in [6.45, 7) is 2.62. The normalized spacial score (nSPS) is 11.4. The Hall–Kier alpha value is -4.19. The molecule has 0 atom stereocenters. The van der Waals surface area contributed by atoms with Gasteiger partial charge in [-0.2, -0.15) is 5.10 Å². The molecule has 5 N–H and O–H groups in total. The summed E-state index contributed by atoms with van der Waals surface area (Å²) in [7, 11) is 0. The van der Waals surface area contributed by atoms with Crippen LogP contribution < -0.4 is 16.7 Å². The number of carbonyl (C=O) groups is 2. The van der Waals surface area contributed by atoms with Crippen molar-refractivity contribution in [2.24, 2.45) is 5.73 Å². The van der Waals surface area contributed by atoms with Crippen molar-refractivity contribution in [3.63, 3.8) is 0 Å². The lowest BCUT2D eigenvalue weighted by molar-refractivity contribution is -0.118. The summed E-state index contributed by atoms with van der Waals surface area (Å²) >= 11 is 1.33. The van der Waals surface area contributed by atoms with E-state index in [-0.39, 0.29) is 24.6 Å². The number of hydrogen-bond acceptors (Lipinski definition) is 6. The Balaban J connectivity index is 1.54. The third-order valence-corrected chi connectivity index (χ3v) is 6.51. The van der Waals surface area contributed by atoms with Crippen molar-refractivity contribution in [3.05, 3.63) is 52.0 Å². The molecule has 0 saturated carbocycles. The minimum Gasteiger partial charge on any atom is -0.370 e. The molecule has 2 amide bonds. The molecule has 5 rings (SSSR count). The SMILES string of the molecule is CCn1c(=O)[nH]c2cc3nc(NC(=O)c4ccc(-c5cn[nH]c5)s4)n(CCC(N)=O)c3cc21. The molecule has 0 unspecified atom stereocenters. The highest BCUT2D eigenvalue weighted by Gasteiger charge is 2.19. The molecule has 12 heteroatoms. The summed E-state index contributed by atoms with van der Waals surface area (Å²) in [6.07, 6.45) is 3.52. The summed E-state index contributed by atoms with van der Waals surface area (Å²) in [4.78, 5) is 45.4. The number of aromatic nitrogens is 6. The van der Waals surface area contributed by atoms with Crippen molar-refractivity contribution in [1.29, 1.82) is 0 Å². The maximum atomic E-state index is 13.0. The highest BCUT2D eigenvalue weighted by molar-refractivity contribution is 7.17. The summed E-state index contributed by atoms with van der Waals surface area (Å²) in [6, 6.07) is 7.18. The van der Waals surface area contributed by atoms with E-state index in [4.69, 9.17) is 5.73 Å². The van der Waals surface area contributed by atoms with Crippen LogP contribution in [0.15, 0.2) is 41.5 Å². The van der Waals surface area contributed by atoms with E-state index in [1.54, 1.807) is 33.7 Å². The number of rotatable bonds is 7. The Kier molecular flexibility index (Phi) is 5.05. The lowest BCUT2D eigenvalue weighted by Crippen LogP contribution is -2.18. The topological polar surface area (TPSA) is 156 Å². The predicted molar refractivity (Wildman–Crippen MR) is 125 cm³/mol. The lowest BCUT2D eigenvalue weighted by atomic mass is 10.2. The second kappa shape index (κ2) is 8.06. The number of carbonyl (C=O) groups excluding carboxylic acids is 2. The number of amides is 2. The lowest BCUT2D eigenvalue weighted by Gasteiger charge is -2.09. The van der Waals surface area contributed by atoms with Gasteiger partial charge in [0.05, 0.1) is 33.1 Å². The zero-order valence-electron chi connectivity index (χ0n) is 17.6. The van der Waals surface area contributed by atoms with Crippen LogP contribution in [-0.4, -0.2) is 41.1 Å². The minimum atomic E-state index is -0.467. The van der Waals surface area contributed by atoms with Crippen LogP contribution >= 0.6 is 11.3 Å². The first kappa shape index (κ1) is 20.7. The van der Waals surface area contributed by atoms with E-state index in [0.717, 1.165) is 16.0 Å². The first-order valence-corrected chi connectivity index (χ1v) is 11.1. The number of nitrogens with one attached hydrogen (secondary N) is 3. The largest absolute Gasteiger partial charge is 0.370 e. The van der Waals surface area contributed by atoms with Crippen LogP contribution in [-0.2, 0) is 17.9 Å². The van der Waals surface area contributed by atoms with Crippen LogP contribution in [0.1, 0.15) is 23.0 Å². The van der Waals surface area contributed by atoms with E-state index in [9.17, 15) is 14.4 Å². The van der Waals surface area contributed by atoms with Crippen LogP contribution in [0.25, 0.3) is 32.5 Å². The van der Waals surface area contributed by atoms with Gasteiger partial charge in [0, 0.05) is 36.1 Å². The fourth-order valence-electron chi connectivity index (χ4n) is 3.80. The summed E-state index contributed by atoms with van der Waals surface area (Å²) in [5, 5.41) is 9.54. The van der Waals surface area contributed by atoms with Gasteiger partial charge in [-0.1, -0.05) is 0 Å². The fraction of sp³-hybridized carbons (Fsp3) is 0.190. The molecule has 0 bridgehead atoms. The van der Waals surface area contributed by atoms with Crippen molar-refractivity contribution in [2.45, 2.75) is 26.4 Å². The number of H-pyrrole nitrogens is 2. The van der Waals surface area contributed by atoms with Gasteiger partial charge in [0.25, 0.3) is 5.91 Å². The number of nitrogens with two attached hydrogens (primary N) is 1. The molecule has 0 saturated heterocycles. The molecule has 0 spiro atoms. The predicted octanol–water partition coefficient (Wildman–Crippen LogP) is 2.28. The van der Waals surface area contributed by atoms with Crippen molar-refractivity contribution in [3.8, 4) is 10.4 Å². The maximum Gasteiger partial charge on any atom is 0.326 e. The average molecular weight is 465 g/mol. The molecular formula is C21H20N8O3S.